The molecular formula is C24H53PSn+. The predicted octanol–water partition coefficient (Wildman–Crippen LogP) is 8.63. The summed E-state index contributed by atoms with van der Waals surface area (Å²) in [6, 6.07) is 0. The first-order valence-corrected chi connectivity index (χ1v) is 14.3. The molecule has 0 fully saturated rings. The van der Waals surface area contributed by atoms with E-state index in [2.05, 4.69) is 20.8 Å². The molecule has 0 aromatic carbocycles. The van der Waals surface area contributed by atoms with Gasteiger partial charge in [0.25, 0.3) is 0 Å². The van der Waals surface area contributed by atoms with Crippen LogP contribution in [0.15, 0.2) is 0 Å². The second-order valence-corrected chi connectivity index (χ2v) is 11.3. The summed E-state index contributed by atoms with van der Waals surface area (Å²) in [4.78, 5) is 0. The van der Waals surface area contributed by atoms with Crippen LogP contribution in [-0.2, 0) is 0 Å². The van der Waals surface area contributed by atoms with E-state index < -0.39 is 0 Å². The molecule has 0 saturated heterocycles. The van der Waals surface area contributed by atoms with Gasteiger partial charge in [0.1, 0.15) is 0 Å². The summed E-state index contributed by atoms with van der Waals surface area (Å²) in [6.45, 7) is 6.96. The van der Waals surface area contributed by atoms with Crippen molar-refractivity contribution in [3.63, 3.8) is 0 Å². The van der Waals surface area contributed by atoms with Gasteiger partial charge < -0.3 is 0 Å². The molecular weight excluding hydrogens is 438 g/mol. The molecule has 26 heavy (non-hydrogen) atoms. The van der Waals surface area contributed by atoms with Gasteiger partial charge in [-0.2, -0.15) is 0 Å². The molecule has 0 aliphatic heterocycles. The van der Waals surface area contributed by atoms with E-state index in [-0.39, 0.29) is 31.8 Å². The second kappa shape index (κ2) is 26.2. The van der Waals surface area contributed by atoms with E-state index in [1.54, 1.807) is 37.7 Å². The van der Waals surface area contributed by atoms with Crippen molar-refractivity contribution in [1.82, 2.24) is 0 Å². The van der Waals surface area contributed by atoms with Gasteiger partial charge in [0.2, 0.25) is 0 Å². The van der Waals surface area contributed by atoms with Crippen LogP contribution in [0.4, 0.5) is 0 Å². The van der Waals surface area contributed by atoms with Crippen molar-refractivity contribution < 1.29 is 0 Å². The minimum atomic E-state index is -0.0222. The first-order valence-electron chi connectivity index (χ1n) is 12.2. The summed E-state index contributed by atoms with van der Waals surface area (Å²) in [5.41, 5.74) is 0. The summed E-state index contributed by atoms with van der Waals surface area (Å²) in [5.74, 6) is 0. The number of hydrogen-bond donors (Lipinski definition) is 0. The van der Waals surface area contributed by atoms with Gasteiger partial charge in [0, 0.05) is 7.92 Å². The van der Waals surface area contributed by atoms with Crippen LogP contribution in [0.5, 0.6) is 0 Å². The van der Waals surface area contributed by atoms with Crippen molar-refractivity contribution in [3.05, 3.63) is 0 Å². The molecule has 0 N–H and O–H groups in total. The first-order chi connectivity index (χ1) is 12.3. The van der Waals surface area contributed by atoms with Crippen LogP contribution < -0.4 is 0 Å². The Kier molecular flexibility index (Phi) is 29.7. The summed E-state index contributed by atoms with van der Waals surface area (Å²) in [5, 5.41) is 0. The molecule has 0 nitrogen and oxygen atoms in total. The third-order valence-corrected chi connectivity index (χ3v) is 8.83. The topological polar surface area (TPSA) is 0 Å². The summed E-state index contributed by atoms with van der Waals surface area (Å²) < 4.78 is 0. The standard InChI is InChI=1S/C24H51P.Sn.H/c1-4-7-10-13-16-19-22-25(23-20-17-14-11-8-5-2)24-21-18-15-12-9-6-3;;/h4-24H2,1-3H3;;/p+1. The Hall–Kier alpha value is 1.23. The van der Waals surface area contributed by atoms with E-state index in [1.165, 1.54) is 96.3 Å². The van der Waals surface area contributed by atoms with Crippen molar-refractivity contribution in [3.8, 4) is 0 Å². The van der Waals surface area contributed by atoms with E-state index in [0.717, 1.165) is 0 Å². The van der Waals surface area contributed by atoms with Crippen molar-refractivity contribution in [2.75, 3.05) is 18.5 Å². The fourth-order valence-electron chi connectivity index (χ4n) is 3.84. The zero-order valence-corrected chi connectivity index (χ0v) is 23.2. The Balaban J connectivity index is 0. The molecule has 0 aliphatic carbocycles. The quantitative estimate of drug-likeness (QED) is 0.0857. The van der Waals surface area contributed by atoms with E-state index in [4.69, 9.17) is 0 Å². The van der Waals surface area contributed by atoms with Crippen molar-refractivity contribution in [1.29, 1.82) is 0 Å². The molecule has 0 bridgehead atoms. The Morgan fingerprint density at radius 2 is 0.577 bits per heavy atom. The molecule has 0 aliphatic rings. The molecule has 0 amide bonds. The molecule has 0 aromatic rings. The molecule has 2 heteroatoms. The fraction of sp³-hybridized carbons (Fsp3) is 1.00. The number of unbranched alkanes of at least 4 members (excludes halogenated alkanes) is 15. The maximum atomic E-state index is 2.32. The van der Waals surface area contributed by atoms with Crippen molar-refractivity contribution in [2.24, 2.45) is 0 Å². The van der Waals surface area contributed by atoms with E-state index in [9.17, 15) is 0 Å². The predicted molar refractivity (Wildman–Crippen MR) is 130 cm³/mol. The third kappa shape index (κ3) is 23.3. The molecule has 0 aromatic heterocycles. The van der Waals surface area contributed by atoms with Crippen LogP contribution in [0.2, 0.25) is 0 Å². The normalized spacial score (nSPS) is 11.1. The molecule has 0 heterocycles. The zero-order chi connectivity index (χ0) is 18.4. The molecule has 3 radical (unpaired) electrons. The molecule has 0 saturated carbocycles. The van der Waals surface area contributed by atoms with Crippen LogP contribution in [0.3, 0.4) is 0 Å². The summed E-state index contributed by atoms with van der Waals surface area (Å²) in [6.07, 6.45) is 31.5. The summed E-state index contributed by atoms with van der Waals surface area (Å²) in [7, 11) is -0.0222. The van der Waals surface area contributed by atoms with Crippen LogP contribution >= 0.6 is 7.92 Å². The first kappa shape index (κ1) is 29.4. The summed E-state index contributed by atoms with van der Waals surface area (Å²) >= 11 is 0. The Bertz CT molecular complexity index is 194. The third-order valence-electron chi connectivity index (χ3n) is 5.65. The Morgan fingerprint density at radius 1 is 0.346 bits per heavy atom. The average molecular weight is 491 g/mol. The zero-order valence-electron chi connectivity index (χ0n) is 18.9. The van der Waals surface area contributed by atoms with Gasteiger partial charge in [-0.3, -0.25) is 0 Å². The van der Waals surface area contributed by atoms with E-state index >= 15 is 0 Å². The van der Waals surface area contributed by atoms with Crippen LogP contribution in [0.1, 0.15) is 136 Å². The van der Waals surface area contributed by atoms with Gasteiger partial charge in [-0.1, -0.05) is 97.8 Å². The van der Waals surface area contributed by atoms with E-state index in [1.807, 2.05) is 0 Å². The Morgan fingerprint density at radius 3 is 0.846 bits per heavy atom. The monoisotopic (exact) mass is 492 g/mol. The van der Waals surface area contributed by atoms with E-state index in [0.29, 0.717) is 0 Å². The van der Waals surface area contributed by atoms with Crippen LogP contribution in [-0.4, -0.2) is 42.4 Å². The molecule has 0 atom stereocenters. The Labute approximate surface area is 186 Å². The van der Waals surface area contributed by atoms with Gasteiger partial charge in [-0.15, -0.1) is 0 Å². The van der Waals surface area contributed by atoms with Crippen molar-refractivity contribution in [2.45, 2.75) is 136 Å². The van der Waals surface area contributed by atoms with Crippen LogP contribution in [0, 0.1) is 0 Å². The van der Waals surface area contributed by atoms with Gasteiger partial charge in [-0.05, 0) is 38.5 Å². The number of hydrogen-bond acceptors (Lipinski definition) is 0. The average Bonchev–Trinajstić information content (AvgIpc) is 2.63. The van der Waals surface area contributed by atoms with Crippen molar-refractivity contribution >= 4 is 31.8 Å². The minimum absolute atomic E-state index is 0. The van der Waals surface area contributed by atoms with Gasteiger partial charge in [-0.25, -0.2) is 0 Å². The van der Waals surface area contributed by atoms with Gasteiger partial charge in [0.05, 0.1) is 18.5 Å². The van der Waals surface area contributed by atoms with Gasteiger partial charge >= 0.3 is 23.9 Å². The molecule has 157 valence electrons. The molecule has 0 unspecified atom stereocenters. The molecule has 0 spiro atoms. The SMILES string of the molecule is CCCCCCCC[PH+](CCCCCCCC)CCCCCCCC.[SnH]. The maximum absolute atomic E-state index is 2.32. The van der Waals surface area contributed by atoms with Crippen LogP contribution in [0.25, 0.3) is 0 Å². The second-order valence-electron chi connectivity index (χ2n) is 8.30. The fourth-order valence-corrected chi connectivity index (χ4v) is 6.84. The van der Waals surface area contributed by atoms with Gasteiger partial charge in [0.15, 0.2) is 0 Å². The molecule has 0 rings (SSSR count). The number of rotatable bonds is 21.